The van der Waals surface area contributed by atoms with Crippen LogP contribution in [0.3, 0.4) is 0 Å². The van der Waals surface area contributed by atoms with Crippen LogP contribution in [-0.4, -0.2) is 93.7 Å². The second-order valence-corrected chi connectivity index (χ2v) is 20.0. The van der Waals surface area contributed by atoms with Gasteiger partial charge in [-0.25, -0.2) is 4.98 Å². The van der Waals surface area contributed by atoms with Crippen LogP contribution in [0.25, 0.3) is 22.5 Å². The minimum absolute atomic E-state index is 0.00270. The number of oxazole rings is 1. The zero-order valence-corrected chi connectivity index (χ0v) is 41.7. The van der Waals surface area contributed by atoms with E-state index in [1.807, 2.05) is 88.4 Å². The number of carbonyl (C=O) groups excluding carboxylic acids is 4. The Morgan fingerprint density at radius 1 is 0.944 bits per heavy atom. The number of nitrogens with zero attached hydrogens (tertiary/aromatic N) is 5. The van der Waals surface area contributed by atoms with Crippen molar-refractivity contribution in [2.45, 2.75) is 103 Å². The second kappa shape index (κ2) is 21.8. The number of anilines is 2. The van der Waals surface area contributed by atoms with Crippen molar-refractivity contribution in [1.29, 1.82) is 5.26 Å². The van der Waals surface area contributed by atoms with E-state index in [1.54, 1.807) is 43.1 Å². The number of unbranched alkanes of at least 4 members (excludes halogenated alkanes) is 1. The number of aromatic nitrogens is 1. The van der Waals surface area contributed by atoms with E-state index in [2.05, 4.69) is 10.3 Å². The third-order valence-corrected chi connectivity index (χ3v) is 13.3. The zero-order chi connectivity index (χ0) is 52.1. The molecule has 0 radical (unpaired) electrons. The molecule has 5 aromatic rings. The van der Waals surface area contributed by atoms with Gasteiger partial charge in [0.15, 0.2) is 23.0 Å². The zero-order valence-electron chi connectivity index (χ0n) is 40.9. The van der Waals surface area contributed by atoms with Gasteiger partial charge in [0, 0.05) is 37.2 Å². The summed E-state index contributed by atoms with van der Waals surface area (Å²) in [5.74, 6) is -0.460. The van der Waals surface area contributed by atoms with Crippen LogP contribution >= 0.6 is 12.2 Å². The average Bonchev–Trinajstić information content (AvgIpc) is 4.07. The van der Waals surface area contributed by atoms with Crippen molar-refractivity contribution < 1.29 is 51.3 Å². The number of aliphatic hydroxyl groups is 1. The molecule has 2 saturated heterocycles. The van der Waals surface area contributed by atoms with Gasteiger partial charge in [0.25, 0.3) is 5.91 Å². The van der Waals surface area contributed by atoms with Gasteiger partial charge < -0.3 is 34.1 Å². The van der Waals surface area contributed by atoms with E-state index < -0.39 is 64.2 Å². The molecule has 4 atom stereocenters. The van der Waals surface area contributed by atoms with E-state index in [0.29, 0.717) is 36.6 Å². The first-order valence-corrected chi connectivity index (χ1v) is 24.0. The monoisotopic (exact) mass is 1010 g/mol. The molecule has 3 heterocycles. The average molecular weight is 1010 g/mol. The summed E-state index contributed by atoms with van der Waals surface area (Å²) in [5.41, 5.74) is 0.372. The lowest BCUT2D eigenvalue weighted by Crippen LogP contribution is -2.57. The number of likely N-dealkylation sites (tertiary alicyclic amines) is 1. The Labute approximate surface area is 421 Å². The van der Waals surface area contributed by atoms with Crippen LogP contribution in [0, 0.1) is 16.7 Å². The Balaban J connectivity index is 0.847. The highest BCUT2D eigenvalue weighted by atomic mass is 32.1. The number of amides is 3. The van der Waals surface area contributed by atoms with Crippen molar-refractivity contribution in [3.05, 3.63) is 120 Å². The van der Waals surface area contributed by atoms with Gasteiger partial charge in [0.2, 0.25) is 11.8 Å². The normalized spacial score (nSPS) is 17.7. The molecule has 0 saturated carbocycles. The van der Waals surface area contributed by atoms with Crippen LogP contribution in [0.2, 0.25) is 0 Å². The number of benzene rings is 4. The third kappa shape index (κ3) is 11.9. The summed E-state index contributed by atoms with van der Waals surface area (Å²) in [6, 6.07) is 25.2. The fourth-order valence-corrected chi connectivity index (χ4v) is 9.46. The van der Waals surface area contributed by atoms with Crippen LogP contribution in [-0.2, 0) is 30.1 Å². The minimum atomic E-state index is -4.81. The summed E-state index contributed by atoms with van der Waals surface area (Å²) < 4.78 is 58.3. The summed E-state index contributed by atoms with van der Waals surface area (Å²) in [6.45, 7) is 11.1. The first-order valence-electron chi connectivity index (χ1n) is 23.6. The summed E-state index contributed by atoms with van der Waals surface area (Å²) in [7, 11) is 0. The molecule has 0 aliphatic carbocycles. The molecule has 0 unspecified atom stereocenters. The quantitative estimate of drug-likeness (QED) is 0.0629. The third-order valence-electron chi connectivity index (χ3n) is 12.9. The highest BCUT2D eigenvalue weighted by molar-refractivity contribution is 7.81. The first kappa shape index (κ1) is 52.9. The number of rotatable bonds is 18. The van der Waals surface area contributed by atoms with Crippen molar-refractivity contribution in [2.75, 3.05) is 36.2 Å². The number of alkyl halides is 3. The Kier molecular flexibility index (Phi) is 16.0. The number of hydrogen-bond acceptors (Lipinski definition) is 11. The largest absolute Gasteiger partial charge is 0.494 e. The van der Waals surface area contributed by atoms with Crippen LogP contribution in [0.4, 0.5) is 24.5 Å². The highest BCUT2D eigenvalue weighted by Crippen LogP contribution is 2.40. The van der Waals surface area contributed by atoms with Gasteiger partial charge in [-0.05, 0) is 109 Å². The Morgan fingerprint density at radius 2 is 1.57 bits per heavy atom. The molecule has 2 fully saturated rings. The molecule has 0 bridgehead atoms. The number of β-amino-alcohol motifs (C(OH)–C–C–N with tert-alkyl or cyclic N) is 1. The Bertz CT molecular complexity index is 2810. The van der Waals surface area contributed by atoms with E-state index in [0.717, 1.165) is 39.3 Å². The molecular weight excluding hydrogens is 950 g/mol. The standard InChI is InChI=1S/C54H57F3N6O8S/c1-33(34-9-11-37(12-10-34)46-29-59-32-71-46)25-45(65)44-27-41(64)30-61(44)49(67)48(52(2,3)4)60-47(66)31-69-23-7-8-24-70-42-21-16-36(17-22-42)35-13-18-39(19-14-35)63-51(72)62(50(68)53(63,5)6)40-20-15-38(28-58)43(26-40)54(55,56)57/h9-22,26,29,32-33,41,44,48,64H,7-8,23-25,27,30-31H2,1-6H3,(H,60,66)/t33-,41-,44+,48-/m1/s1. The minimum Gasteiger partial charge on any atom is -0.494 e. The van der Waals surface area contributed by atoms with Crippen LogP contribution in [0.15, 0.2) is 108 Å². The van der Waals surface area contributed by atoms with Crippen molar-refractivity contribution in [3.63, 3.8) is 0 Å². The van der Waals surface area contributed by atoms with E-state index in [1.165, 1.54) is 17.4 Å². The maximum atomic E-state index is 14.1. The fourth-order valence-electron chi connectivity index (χ4n) is 8.94. The van der Waals surface area contributed by atoms with Crippen molar-refractivity contribution >= 4 is 52.2 Å². The van der Waals surface area contributed by atoms with Crippen LogP contribution < -0.4 is 19.9 Å². The lowest BCUT2D eigenvalue weighted by molar-refractivity contribution is -0.144. The van der Waals surface area contributed by atoms with Crippen LogP contribution in [0.5, 0.6) is 5.75 Å². The summed E-state index contributed by atoms with van der Waals surface area (Å²) >= 11 is 5.67. The molecular formula is C54H57F3N6O8S. The van der Waals surface area contributed by atoms with Gasteiger partial charge in [-0.15, -0.1) is 0 Å². The van der Waals surface area contributed by atoms with E-state index >= 15 is 0 Å². The number of carbonyl (C=O) groups is 4. The predicted molar refractivity (Wildman–Crippen MR) is 268 cm³/mol. The fraction of sp³-hybridized carbons (Fsp3) is 0.389. The van der Waals surface area contributed by atoms with Gasteiger partial charge in [-0.1, -0.05) is 76.2 Å². The van der Waals surface area contributed by atoms with Crippen molar-refractivity contribution in [1.82, 2.24) is 15.2 Å². The van der Waals surface area contributed by atoms with Gasteiger partial charge >= 0.3 is 6.18 Å². The number of halogens is 3. The lowest BCUT2D eigenvalue weighted by atomic mass is 9.85. The number of aliphatic hydroxyl groups excluding tert-OH is 1. The molecule has 18 heteroatoms. The second-order valence-electron chi connectivity index (χ2n) is 19.7. The molecule has 0 spiro atoms. The molecule has 378 valence electrons. The lowest BCUT2D eigenvalue weighted by Gasteiger charge is -2.35. The molecule has 2 N–H and O–H groups in total. The molecule has 1 aromatic heterocycles. The molecule has 7 rings (SSSR count). The SMILES string of the molecule is C[C@H](CC(=O)[C@@H]1C[C@@H](O)CN1C(=O)[C@@H](NC(=O)COCCCCOc1ccc(-c2ccc(N3C(=S)N(c4ccc(C#N)c(C(F)(F)F)c4)C(=O)C3(C)C)cc2)cc1)C(C)(C)C)c1ccc(-c2cnco2)cc1. The smallest absolute Gasteiger partial charge is 0.417 e. The highest BCUT2D eigenvalue weighted by Gasteiger charge is 2.51. The van der Waals surface area contributed by atoms with E-state index in [-0.39, 0.29) is 55.1 Å². The van der Waals surface area contributed by atoms with E-state index in [4.69, 9.17) is 26.1 Å². The number of ether oxygens (including phenoxy) is 2. The summed E-state index contributed by atoms with van der Waals surface area (Å²) in [4.78, 5) is 62.5. The van der Waals surface area contributed by atoms with Gasteiger partial charge in [0.1, 0.15) is 23.9 Å². The van der Waals surface area contributed by atoms with Gasteiger partial charge in [-0.2, -0.15) is 18.4 Å². The predicted octanol–water partition coefficient (Wildman–Crippen LogP) is 9.25. The number of nitriles is 1. The Morgan fingerprint density at radius 3 is 2.18 bits per heavy atom. The topological polar surface area (TPSA) is 179 Å². The maximum Gasteiger partial charge on any atom is 0.417 e. The molecule has 4 aromatic carbocycles. The number of hydrogen-bond donors (Lipinski definition) is 2. The Hall–Kier alpha value is -6.94. The number of thiocarbonyl (C=S) groups is 1. The molecule has 14 nitrogen and oxygen atoms in total. The number of ketones is 1. The summed E-state index contributed by atoms with van der Waals surface area (Å²) in [6.07, 6.45) is -1.17. The van der Waals surface area contributed by atoms with Crippen molar-refractivity contribution in [2.24, 2.45) is 5.41 Å². The van der Waals surface area contributed by atoms with E-state index in [9.17, 15) is 42.7 Å². The van der Waals surface area contributed by atoms with Gasteiger partial charge in [-0.3, -0.25) is 24.1 Å². The number of nitrogens with one attached hydrogen (secondary N) is 1. The molecule has 2 aliphatic rings. The summed E-state index contributed by atoms with van der Waals surface area (Å²) in [5, 5.41) is 22.7. The van der Waals surface area contributed by atoms with Crippen LogP contribution in [0.1, 0.15) is 89.8 Å². The number of Topliss-reactive ketones (excluding diaryl/α,β-unsaturated/α-hetero) is 1. The van der Waals surface area contributed by atoms with Gasteiger partial charge in [0.05, 0.1) is 47.8 Å². The molecule has 2 aliphatic heterocycles. The molecule has 72 heavy (non-hydrogen) atoms. The van der Waals surface area contributed by atoms with Crippen molar-refractivity contribution in [3.8, 4) is 34.3 Å². The first-order chi connectivity index (χ1) is 34.1. The maximum absolute atomic E-state index is 14.1. The molecule has 3 amide bonds.